The first-order chi connectivity index (χ1) is 6.79. The standard InChI is InChI=1S/C11H18N2O2/c1-11(2,3)13-9(7-4-5-7)6-8(12)10(14)15/h6-7,12-13H,4-5H2,1-3H3,(H,14,15)/b9-6-,12-8?. The molecule has 1 saturated carbocycles. The number of aliphatic carboxylic acids is 1. The van der Waals surface area contributed by atoms with Gasteiger partial charge in [-0.25, -0.2) is 4.79 Å². The van der Waals surface area contributed by atoms with Crippen molar-refractivity contribution in [3.05, 3.63) is 11.8 Å². The molecule has 0 saturated heterocycles. The molecule has 0 unspecified atom stereocenters. The van der Waals surface area contributed by atoms with Crippen LogP contribution in [0.4, 0.5) is 0 Å². The Balaban J connectivity index is 2.74. The molecule has 0 atom stereocenters. The van der Waals surface area contributed by atoms with Gasteiger partial charge in [0.1, 0.15) is 5.71 Å². The summed E-state index contributed by atoms with van der Waals surface area (Å²) in [5, 5.41) is 19.2. The van der Waals surface area contributed by atoms with Gasteiger partial charge in [0.15, 0.2) is 0 Å². The number of hydrogen-bond acceptors (Lipinski definition) is 3. The van der Waals surface area contributed by atoms with Crippen LogP contribution in [0.25, 0.3) is 0 Å². The summed E-state index contributed by atoms with van der Waals surface area (Å²) in [6, 6.07) is 0. The highest BCUT2D eigenvalue weighted by molar-refractivity contribution is 6.39. The molecule has 0 aliphatic heterocycles. The number of nitrogens with one attached hydrogen (secondary N) is 2. The second-order valence-corrected chi connectivity index (χ2v) is 4.97. The van der Waals surface area contributed by atoms with E-state index in [0.717, 1.165) is 18.5 Å². The first kappa shape index (κ1) is 11.8. The van der Waals surface area contributed by atoms with E-state index in [-0.39, 0.29) is 11.3 Å². The fourth-order valence-electron chi connectivity index (χ4n) is 1.30. The third-order valence-electron chi connectivity index (χ3n) is 2.07. The third kappa shape index (κ3) is 4.14. The van der Waals surface area contributed by atoms with Crippen LogP contribution < -0.4 is 5.32 Å². The lowest BCUT2D eigenvalue weighted by molar-refractivity contribution is -0.129. The molecule has 0 heterocycles. The maximum Gasteiger partial charge on any atom is 0.353 e. The van der Waals surface area contributed by atoms with Crippen LogP contribution in [0, 0.1) is 11.3 Å². The summed E-state index contributed by atoms with van der Waals surface area (Å²) in [5.74, 6) is -0.757. The molecule has 0 spiro atoms. The molecule has 4 heteroatoms. The maximum absolute atomic E-state index is 10.5. The Morgan fingerprint density at radius 3 is 2.33 bits per heavy atom. The van der Waals surface area contributed by atoms with Gasteiger partial charge in [-0.3, -0.25) is 5.41 Å². The second-order valence-electron chi connectivity index (χ2n) is 4.97. The molecule has 1 fully saturated rings. The lowest BCUT2D eigenvalue weighted by atomic mass is 10.1. The summed E-state index contributed by atoms with van der Waals surface area (Å²) in [6.07, 6.45) is 3.61. The van der Waals surface area contributed by atoms with Crippen LogP contribution in [0.5, 0.6) is 0 Å². The zero-order chi connectivity index (χ0) is 11.6. The fraction of sp³-hybridized carbons (Fsp3) is 0.636. The highest BCUT2D eigenvalue weighted by Crippen LogP contribution is 2.35. The van der Waals surface area contributed by atoms with Crippen molar-refractivity contribution in [1.82, 2.24) is 5.32 Å². The monoisotopic (exact) mass is 210 g/mol. The SMILES string of the molecule is CC(C)(C)N/C(=C\C(=N)C(=O)O)C1CC1. The molecular weight excluding hydrogens is 192 g/mol. The van der Waals surface area contributed by atoms with Crippen molar-refractivity contribution in [1.29, 1.82) is 5.41 Å². The van der Waals surface area contributed by atoms with Gasteiger partial charge in [-0.2, -0.15) is 0 Å². The maximum atomic E-state index is 10.5. The minimum absolute atomic E-state index is 0.0901. The Labute approximate surface area is 89.9 Å². The Bertz CT molecular complexity index is 309. The molecule has 1 aliphatic carbocycles. The van der Waals surface area contributed by atoms with Gasteiger partial charge in [0.05, 0.1) is 0 Å². The minimum atomic E-state index is -1.18. The van der Waals surface area contributed by atoms with Gasteiger partial charge < -0.3 is 10.4 Å². The van der Waals surface area contributed by atoms with Gasteiger partial charge in [0.2, 0.25) is 0 Å². The molecule has 0 aromatic carbocycles. The van der Waals surface area contributed by atoms with E-state index >= 15 is 0 Å². The van der Waals surface area contributed by atoms with E-state index in [0.29, 0.717) is 5.92 Å². The van der Waals surface area contributed by atoms with E-state index < -0.39 is 5.97 Å². The van der Waals surface area contributed by atoms with E-state index in [1.54, 1.807) is 0 Å². The Morgan fingerprint density at radius 1 is 1.47 bits per heavy atom. The largest absolute Gasteiger partial charge is 0.477 e. The average molecular weight is 210 g/mol. The highest BCUT2D eigenvalue weighted by atomic mass is 16.4. The van der Waals surface area contributed by atoms with E-state index in [9.17, 15) is 4.79 Å². The molecule has 0 aromatic heterocycles. The average Bonchev–Trinajstić information content (AvgIpc) is 2.81. The first-order valence-corrected chi connectivity index (χ1v) is 5.11. The zero-order valence-corrected chi connectivity index (χ0v) is 9.42. The normalized spacial score (nSPS) is 17.4. The minimum Gasteiger partial charge on any atom is -0.477 e. The van der Waals surface area contributed by atoms with Crippen LogP contribution in [0.15, 0.2) is 11.8 Å². The van der Waals surface area contributed by atoms with Gasteiger partial charge in [-0.05, 0) is 45.6 Å². The molecule has 84 valence electrons. The van der Waals surface area contributed by atoms with Crippen molar-refractivity contribution in [2.45, 2.75) is 39.2 Å². The van der Waals surface area contributed by atoms with Crippen LogP contribution in [0.3, 0.4) is 0 Å². The fourth-order valence-corrected chi connectivity index (χ4v) is 1.30. The van der Waals surface area contributed by atoms with E-state index in [4.69, 9.17) is 10.5 Å². The smallest absolute Gasteiger partial charge is 0.353 e. The molecular formula is C11H18N2O2. The molecule has 0 radical (unpaired) electrons. The van der Waals surface area contributed by atoms with Crippen LogP contribution >= 0.6 is 0 Å². The molecule has 0 aromatic rings. The predicted octanol–water partition coefficient (Wildman–Crippen LogP) is 1.77. The highest BCUT2D eigenvalue weighted by Gasteiger charge is 2.29. The van der Waals surface area contributed by atoms with Gasteiger partial charge in [0, 0.05) is 11.2 Å². The molecule has 0 amide bonds. The molecule has 3 N–H and O–H groups in total. The van der Waals surface area contributed by atoms with Crippen molar-refractivity contribution in [2.75, 3.05) is 0 Å². The molecule has 15 heavy (non-hydrogen) atoms. The van der Waals surface area contributed by atoms with Crippen LogP contribution in [-0.2, 0) is 4.79 Å². The summed E-state index contributed by atoms with van der Waals surface area (Å²) in [7, 11) is 0. The van der Waals surface area contributed by atoms with Gasteiger partial charge in [-0.1, -0.05) is 0 Å². The number of carboxylic acid groups (broad SMARTS) is 1. The Hall–Kier alpha value is -1.32. The number of carbonyl (C=O) groups is 1. The van der Waals surface area contributed by atoms with Crippen LogP contribution in [-0.4, -0.2) is 22.3 Å². The lowest BCUT2D eigenvalue weighted by Crippen LogP contribution is -2.36. The topological polar surface area (TPSA) is 73.2 Å². The van der Waals surface area contributed by atoms with Crippen LogP contribution in [0.2, 0.25) is 0 Å². The summed E-state index contributed by atoms with van der Waals surface area (Å²) in [4.78, 5) is 10.5. The number of allylic oxidation sites excluding steroid dienone is 1. The molecule has 1 rings (SSSR count). The summed E-state index contributed by atoms with van der Waals surface area (Å²) in [5.41, 5.74) is 0.441. The van der Waals surface area contributed by atoms with Gasteiger partial charge in [0.25, 0.3) is 0 Å². The number of hydrogen-bond donors (Lipinski definition) is 3. The van der Waals surface area contributed by atoms with E-state index in [1.807, 2.05) is 20.8 Å². The van der Waals surface area contributed by atoms with Crippen molar-refractivity contribution in [3.63, 3.8) is 0 Å². The number of carboxylic acids is 1. The molecule has 4 nitrogen and oxygen atoms in total. The van der Waals surface area contributed by atoms with E-state index in [1.165, 1.54) is 6.08 Å². The molecule has 0 bridgehead atoms. The molecule has 1 aliphatic rings. The third-order valence-corrected chi connectivity index (χ3v) is 2.07. The van der Waals surface area contributed by atoms with Crippen molar-refractivity contribution >= 4 is 11.7 Å². The zero-order valence-electron chi connectivity index (χ0n) is 9.42. The first-order valence-electron chi connectivity index (χ1n) is 5.11. The van der Waals surface area contributed by atoms with Gasteiger partial charge in [-0.15, -0.1) is 0 Å². The van der Waals surface area contributed by atoms with E-state index in [2.05, 4.69) is 5.32 Å². The summed E-state index contributed by atoms with van der Waals surface area (Å²) >= 11 is 0. The summed E-state index contributed by atoms with van der Waals surface area (Å²) in [6.45, 7) is 6.06. The Kier molecular flexibility index (Phi) is 3.17. The summed E-state index contributed by atoms with van der Waals surface area (Å²) < 4.78 is 0. The van der Waals surface area contributed by atoms with Crippen molar-refractivity contribution in [3.8, 4) is 0 Å². The van der Waals surface area contributed by atoms with Gasteiger partial charge >= 0.3 is 5.97 Å². The predicted molar refractivity (Wildman–Crippen MR) is 59.1 cm³/mol. The van der Waals surface area contributed by atoms with Crippen molar-refractivity contribution in [2.24, 2.45) is 5.92 Å². The lowest BCUT2D eigenvalue weighted by Gasteiger charge is -2.24. The Morgan fingerprint density at radius 2 is 2.00 bits per heavy atom. The number of rotatable bonds is 4. The second kappa shape index (κ2) is 4.04. The quantitative estimate of drug-likeness (QED) is 0.619. The van der Waals surface area contributed by atoms with Crippen LogP contribution in [0.1, 0.15) is 33.6 Å². The van der Waals surface area contributed by atoms with Crippen molar-refractivity contribution < 1.29 is 9.90 Å².